The second kappa shape index (κ2) is 7.79. The van der Waals surface area contributed by atoms with Crippen molar-refractivity contribution in [3.05, 3.63) is 33.1 Å². The fraction of sp³-hybridized carbons (Fsp3) is 0.706. The molecule has 0 aliphatic heterocycles. The highest BCUT2D eigenvalue weighted by molar-refractivity contribution is 5.75. The Bertz CT molecular complexity index is 682. The quantitative estimate of drug-likeness (QED) is 0.786. The number of nitrogens with zero attached hydrogens (tertiary/aromatic N) is 3. The van der Waals surface area contributed by atoms with E-state index in [1.165, 1.54) is 49.6 Å². The number of aromatic nitrogens is 2. The van der Waals surface area contributed by atoms with E-state index in [4.69, 9.17) is 0 Å². The van der Waals surface area contributed by atoms with Crippen LogP contribution in [0.3, 0.4) is 0 Å². The summed E-state index contributed by atoms with van der Waals surface area (Å²) in [7, 11) is 5.54. The van der Waals surface area contributed by atoms with Crippen LogP contribution in [0.4, 0.5) is 0 Å². The van der Waals surface area contributed by atoms with Crippen LogP contribution in [0.5, 0.6) is 0 Å². The molecule has 7 heteroatoms. The molecule has 0 spiro atoms. The summed E-state index contributed by atoms with van der Waals surface area (Å²) < 4.78 is 2.26. The van der Waals surface area contributed by atoms with Crippen molar-refractivity contribution in [2.75, 3.05) is 20.6 Å². The highest BCUT2D eigenvalue weighted by Gasteiger charge is 2.33. The van der Waals surface area contributed by atoms with E-state index >= 15 is 0 Å². The molecule has 1 aliphatic rings. The van der Waals surface area contributed by atoms with Gasteiger partial charge in [0.25, 0.3) is 5.56 Å². The van der Waals surface area contributed by atoms with Crippen molar-refractivity contribution in [1.82, 2.24) is 19.4 Å². The molecule has 1 N–H and O–H groups in total. The Labute approximate surface area is 142 Å². The zero-order valence-electron chi connectivity index (χ0n) is 14.9. The maximum absolute atomic E-state index is 12.3. The second-order valence-corrected chi connectivity index (χ2v) is 6.93. The maximum Gasteiger partial charge on any atom is 0.331 e. The number of rotatable bonds is 5. The average molecular weight is 336 g/mol. The van der Waals surface area contributed by atoms with E-state index in [2.05, 4.69) is 24.3 Å². The molecule has 0 aromatic carbocycles. The molecule has 24 heavy (non-hydrogen) atoms. The van der Waals surface area contributed by atoms with Crippen molar-refractivity contribution in [2.45, 2.75) is 50.6 Å². The molecule has 1 heterocycles. The third-order valence-corrected chi connectivity index (χ3v) is 5.17. The topological polar surface area (TPSA) is 76.3 Å². The Morgan fingerprint density at radius 2 is 1.83 bits per heavy atom. The van der Waals surface area contributed by atoms with Gasteiger partial charge in [0.15, 0.2) is 0 Å². The van der Waals surface area contributed by atoms with Gasteiger partial charge in [0.1, 0.15) is 6.54 Å². The largest absolute Gasteiger partial charge is 0.353 e. The van der Waals surface area contributed by atoms with Gasteiger partial charge in [0.2, 0.25) is 5.91 Å². The van der Waals surface area contributed by atoms with E-state index in [1.54, 1.807) is 0 Å². The van der Waals surface area contributed by atoms with Gasteiger partial charge in [-0.1, -0.05) is 25.7 Å². The third kappa shape index (κ3) is 4.14. The molecule has 134 valence electrons. The van der Waals surface area contributed by atoms with Gasteiger partial charge in [0.05, 0.1) is 0 Å². The first-order chi connectivity index (χ1) is 11.4. The molecule has 1 aromatic rings. The number of carbonyl (C=O) groups is 1. The smallest absolute Gasteiger partial charge is 0.331 e. The molecule has 0 atom stereocenters. The molecule has 1 saturated carbocycles. The lowest BCUT2D eigenvalue weighted by atomic mass is 9.88. The molecule has 0 saturated heterocycles. The van der Waals surface area contributed by atoms with Crippen molar-refractivity contribution in [2.24, 2.45) is 7.05 Å². The molecule has 1 aromatic heterocycles. The number of hydrogen-bond donors (Lipinski definition) is 1. The summed E-state index contributed by atoms with van der Waals surface area (Å²) in [5.41, 5.74) is -0.864. The van der Waals surface area contributed by atoms with Gasteiger partial charge < -0.3 is 10.2 Å². The fourth-order valence-corrected chi connectivity index (χ4v) is 3.38. The molecule has 2 rings (SSSR count). The Hall–Kier alpha value is -1.89. The lowest BCUT2D eigenvalue weighted by Gasteiger charge is -2.39. The fourth-order valence-electron chi connectivity index (χ4n) is 3.38. The maximum atomic E-state index is 12.3. The van der Waals surface area contributed by atoms with Crippen LogP contribution in [-0.4, -0.2) is 46.1 Å². The van der Waals surface area contributed by atoms with Gasteiger partial charge >= 0.3 is 5.69 Å². The molecule has 1 fully saturated rings. The molecule has 1 amide bonds. The first kappa shape index (κ1) is 18.4. The van der Waals surface area contributed by atoms with Gasteiger partial charge in [-0.3, -0.25) is 18.7 Å². The van der Waals surface area contributed by atoms with Crippen molar-refractivity contribution >= 4 is 5.91 Å². The van der Waals surface area contributed by atoms with Crippen molar-refractivity contribution in [3.63, 3.8) is 0 Å². The van der Waals surface area contributed by atoms with Crippen LogP contribution in [0.2, 0.25) is 0 Å². The van der Waals surface area contributed by atoms with E-state index in [0.29, 0.717) is 6.54 Å². The first-order valence-corrected chi connectivity index (χ1v) is 8.56. The predicted octanol–water partition coefficient (Wildman–Crippen LogP) is 0.318. The van der Waals surface area contributed by atoms with Crippen LogP contribution < -0.4 is 16.6 Å². The Kier molecular flexibility index (Phi) is 5.99. The minimum absolute atomic E-state index is 0.0132. The highest BCUT2D eigenvalue weighted by atomic mass is 16.2. The van der Waals surface area contributed by atoms with Crippen LogP contribution in [0.15, 0.2) is 21.9 Å². The number of nitrogens with one attached hydrogen (secondary N) is 1. The van der Waals surface area contributed by atoms with Crippen molar-refractivity contribution in [3.8, 4) is 0 Å². The van der Waals surface area contributed by atoms with Gasteiger partial charge in [0, 0.05) is 31.4 Å². The summed E-state index contributed by atoms with van der Waals surface area (Å²) in [5, 5.41) is 2.98. The number of hydrogen-bond acceptors (Lipinski definition) is 4. The summed E-state index contributed by atoms with van der Waals surface area (Å²) >= 11 is 0. The molecule has 0 unspecified atom stereocenters. The second-order valence-electron chi connectivity index (χ2n) is 6.93. The number of likely N-dealkylation sites (N-methyl/N-ethyl adjacent to an activating group) is 1. The predicted molar refractivity (Wildman–Crippen MR) is 93.1 cm³/mol. The van der Waals surface area contributed by atoms with Gasteiger partial charge in [-0.2, -0.15) is 0 Å². The summed E-state index contributed by atoms with van der Waals surface area (Å²) in [5.74, 6) is -0.207. The van der Waals surface area contributed by atoms with E-state index < -0.39 is 5.69 Å². The van der Waals surface area contributed by atoms with E-state index in [0.717, 1.165) is 17.4 Å². The van der Waals surface area contributed by atoms with E-state index in [9.17, 15) is 14.4 Å². The van der Waals surface area contributed by atoms with Gasteiger partial charge in [-0.15, -0.1) is 0 Å². The Balaban J connectivity index is 2.03. The van der Waals surface area contributed by atoms with Gasteiger partial charge in [-0.25, -0.2) is 4.79 Å². The van der Waals surface area contributed by atoms with Crippen molar-refractivity contribution in [1.29, 1.82) is 0 Å². The monoisotopic (exact) mass is 336 g/mol. The summed E-state index contributed by atoms with van der Waals surface area (Å²) in [6, 6.07) is 1.29. The third-order valence-electron chi connectivity index (χ3n) is 5.17. The standard InChI is InChI=1S/C17H28N4O3/c1-19(2)17(9-6-4-5-7-10-17)13-18-14(22)12-21-11-8-15(23)20(3)16(21)24/h8,11H,4-7,9-10,12-13H2,1-3H3,(H,18,22). The molecule has 7 nitrogen and oxygen atoms in total. The highest BCUT2D eigenvalue weighted by Crippen LogP contribution is 2.30. The van der Waals surface area contributed by atoms with Crippen LogP contribution in [0, 0.1) is 0 Å². The lowest BCUT2D eigenvalue weighted by molar-refractivity contribution is -0.122. The summed E-state index contributed by atoms with van der Waals surface area (Å²) in [6.07, 6.45) is 8.36. The van der Waals surface area contributed by atoms with Crippen LogP contribution in [-0.2, 0) is 18.4 Å². The van der Waals surface area contributed by atoms with Crippen LogP contribution >= 0.6 is 0 Å². The molecule has 0 radical (unpaired) electrons. The summed E-state index contributed by atoms with van der Waals surface area (Å²) in [4.78, 5) is 37.9. The zero-order valence-corrected chi connectivity index (χ0v) is 14.9. The summed E-state index contributed by atoms with van der Waals surface area (Å²) in [6.45, 7) is 0.510. The minimum atomic E-state index is -0.477. The van der Waals surface area contributed by atoms with Crippen LogP contribution in [0.1, 0.15) is 38.5 Å². The zero-order chi connectivity index (χ0) is 17.7. The number of amides is 1. The molecular weight excluding hydrogens is 308 g/mol. The van der Waals surface area contributed by atoms with E-state index in [-0.39, 0.29) is 23.6 Å². The molecular formula is C17H28N4O3. The lowest BCUT2D eigenvalue weighted by Crippen LogP contribution is -2.53. The van der Waals surface area contributed by atoms with Gasteiger partial charge in [-0.05, 0) is 26.9 Å². The minimum Gasteiger partial charge on any atom is -0.353 e. The Morgan fingerprint density at radius 3 is 2.42 bits per heavy atom. The first-order valence-electron chi connectivity index (χ1n) is 8.56. The molecule has 1 aliphatic carbocycles. The van der Waals surface area contributed by atoms with E-state index in [1.807, 2.05) is 0 Å². The normalized spacial score (nSPS) is 17.5. The van der Waals surface area contributed by atoms with Crippen LogP contribution in [0.25, 0.3) is 0 Å². The SMILES string of the molecule is CN(C)C1(CNC(=O)Cn2ccc(=O)n(C)c2=O)CCCCCC1. The number of carbonyl (C=O) groups excluding carboxylic acids is 1. The Morgan fingerprint density at radius 1 is 1.21 bits per heavy atom. The average Bonchev–Trinajstić information content (AvgIpc) is 2.80. The molecule has 0 bridgehead atoms. The van der Waals surface area contributed by atoms with Crippen molar-refractivity contribution < 1.29 is 4.79 Å².